The van der Waals surface area contributed by atoms with Gasteiger partial charge in [-0.15, -0.1) is 0 Å². The van der Waals surface area contributed by atoms with Crippen molar-refractivity contribution in [3.63, 3.8) is 0 Å². The molecule has 1 aliphatic rings. The maximum absolute atomic E-state index is 14.1. The second kappa shape index (κ2) is 6.61. The lowest BCUT2D eigenvalue weighted by molar-refractivity contribution is 0.386. The standard InChI is InChI=1S/C22H23FN2O/c1-14-4-6-20-18(10-14)17-8-9-24-12-21(17)25(20)13-15(2)16-5-7-22(26-3)19(23)11-16/h4-7,10-11,13,24H,8-9,12H2,1-3H3. The number of fused-ring (bicyclic) bond motifs is 3. The number of benzene rings is 2. The van der Waals surface area contributed by atoms with E-state index in [1.807, 2.05) is 13.0 Å². The Bertz CT molecular complexity index is 1020. The van der Waals surface area contributed by atoms with Crippen LogP contribution in [-0.2, 0) is 13.0 Å². The van der Waals surface area contributed by atoms with Gasteiger partial charge in [0.25, 0.3) is 0 Å². The number of aromatic nitrogens is 1. The van der Waals surface area contributed by atoms with Gasteiger partial charge < -0.3 is 14.6 Å². The van der Waals surface area contributed by atoms with Gasteiger partial charge in [0, 0.05) is 23.8 Å². The average Bonchev–Trinajstić information content (AvgIpc) is 2.95. The zero-order valence-electron chi connectivity index (χ0n) is 15.4. The molecular formula is C22H23FN2O. The van der Waals surface area contributed by atoms with E-state index in [9.17, 15) is 4.39 Å². The van der Waals surface area contributed by atoms with Crippen LogP contribution in [0, 0.1) is 12.7 Å². The highest BCUT2D eigenvalue weighted by Gasteiger charge is 2.19. The Morgan fingerprint density at radius 1 is 1.23 bits per heavy atom. The van der Waals surface area contributed by atoms with Crippen LogP contribution in [0.4, 0.5) is 4.39 Å². The first-order chi connectivity index (χ1) is 12.6. The van der Waals surface area contributed by atoms with Crippen molar-refractivity contribution in [3.8, 4) is 5.75 Å². The van der Waals surface area contributed by atoms with E-state index in [4.69, 9.17) is 4.74 Å². The Labute approximate surface area is 153 Å². The van der Waals surface area contributed by atoms with Gasteiger partial charge in [-0.25, -0.2) is 4.39 Å². The molecule has 0 bridgehead atoms. The molecule has 2 heterocycles. The number of halogens is 1. The Hall–Kier alpha value is -2.59. The average molecular weight is 350 g/mol. The number of hydrogen-bond acceptors (Lipinski definition) is 2. The topological polar surface area (TPSA) is 26.2 Å². The van der Waals surface area contributed by atoms with Crippen molar-refractivity contribution < 1.29 is 9.13 Å². The molecule has 2 aromatic carbocycles. The first kappa shape index (κ1) is 16.9. The van der Waals surface area contributed by atoms with Gasteiger partial charge in [-0.3, -0.25) is 0 Å². The van der Waals surface area contributed by atoms with E-state index in [1.54, 1.807) is 6.07 Å². The highest BCUT2D eigenvalue weighted by atomic mass is 19.1. The molecule has 134 valence electrons. The number of nitrogens with one attached hydrogen (secondary N) is 1. The zero-order chi connectivity index (χ0) is 18.3. The minimum absolute atomic E-state index is 0.269. The van der Waals surface area contributed by atoms with Crippen LogP contribution in [0.3, 0.4) is 0 Å². The van der Waals surface area contributed by atoms with Gasteiger partial charge in [0.05, 0.1) is 12.6 Å². The fourth-order valence-electron chi connectivity index (χ4n) is 3.77. The van der Waals surface area contributed by atoms with E-state index < -0.39 is 0 Å². The van der Waals surface area contributed by atoms with E-state index in [0.29, 0.717) is 0 Å². The number of ether oxygens (including phenoxy) is 1. The lowest BCUT2D eigenvalue weighted by Crippen LogP contribution is -2.24. The van der Waals surface area contributed by atoms with Gasteiger partial charge in [0.15, 0.2) is 11.6 Å². The molecule has 0 amide bonds. The Morgan fingerprint density at radius 2 is 2.08 bits per heavy atom. The second-order valence-electron chi connectivity index (χ2n) is 6.90. The van der Waals surface area contributed by atoms with Crippen molar-refractivity contribution in [2.24, 2.45) is 0 Å². The summed E-state index contributed by atoms with van der Waals surface area (Å²) >= 11 is 0. The van der Waals surface area contributed by atoms with E-state index in [1.165, 1.54) is 40.9 Å². The SMILES string of the molecule is COc1ccc(C(C)=Cn2c3c(c4cc(C)ccc42)CCNC3)cc1F. The van der Waals surface area contributed by atoms with E-state index in [0.717, 1.165) is 30.6 Å². The first-order valence-electron chi connectivity index (χ1n) is 8.94. The van der Waals surface area contributed by atoms with Gasteiger partial charge in [-0.2, -0.15) is 0 Å². The predicted molar refractivity (Wildman–Crippen MR) is 105 cm³/mol. The van der Waals surface area contributed by atoms with Crippen LogP contribution in [0.2, 0.25) is 0 Å². The largest absolute Gasteiger partial charge is 0.494 e. The molecule has 4 rings (SSSR count). The molecule has 3 aromatic rings. The van der Waals surface area contributed by atoms with Crippen molar-refractivity contribution >= 4 is 22.7 Å². The smallest absolute Gasteiger partial charge is 0.165 e. The monoisotopic (exact) mass is 350 g/mol. The molecule has 1 aromatic heterocycles. The van der Waals surface area contributed by atoms with Crippen LogP contribution in [0.5, 0.6) is 5.75 Å². The van der Waals surface area contributed by atoms with Gasteiger partial charge >= 0.3 is 0 Å². The molecule has 0 saturated heterocycles. The summed E-state index contributed by atoms with van der Waals surface area (Å²) in [7, 11) is 1.48. The first-order valence-corrected chi connectivity index (χ1v) is 8.94. The summed E-state index contributed by atoms with van der Waals surface area (Å²) in [6.45, 7) is 6.01. The molecule has 0 spiro atoms. The normalized spacial score (nSPS) is 14.5. The lowest BCUT2D eigenvalue weighted by atomic mass is 10.0. The molecule has 0 fully saturated rings. The molecule has 1 aliphatic heterocycles. The Morgan fingerprint density at radius 3 is 2.85 bits per heavy atom. The van der Waals surface area contributed by atoms with Gasteiger partial charge in [0.2, 0.25) is 0 Å². The summed E-state index contributed by atoms with van der Waals surface area (Å²) in [4.78, 5) is 0. The van der Waals surface area contributed by atoms with Gasteiger partial charge in [0.1, 0.15) is 0 Å². The van der Waals surface area contributed by atoms with Gasteiger partial charge in [-0.1, -0.05) is 17.7 Å². The van der Waals surface area contributed by atoms with Crippen molar-refractivity contribution in [1.29, 1.82) is 0 Å². The number of aryl methyl sites for hydroxylation is 1. The number of nitrogens with zero attached hydrogens (tertiary/aromatic N) is 1. The molecular weight excluding hydrogens is 327 g/mol. The molecule has 1 N–H and O–H groups in total. The molecule has 3 nitrogen and oxygen atoms in total. The summed E-state index contributed by atoms with van der Waals surface area (Å²) in [6, 6.07) is 11.7. The molecule has 0 unspecified atom stereocenters. The summed E-state index contributed by atoms with van der Waals surface area (Å²) in [5, 5.41) is 4.79. The fourth-order valence-corrected chi connectivity index (χ4v) is 3.77. The van der Waals surface area contributed by atoms with E-state index in [-0.39, 0.29) is 11.6 Å². The third-order valence-electron chi connectivity index (χ3n) is 5.15. The van der Waals surface area contributed by atoms with Crippen molar-refractivity contribution in [2.75, 3.05) is 13.7 Å². The molecule has 26 heavy (non-hydrogen) atoms. The number of hydrogen-bond donors (Lipinski definition) is 1. The molecule has 0 atom stereocenters. The van der Waals surface area contributed by atoms with E-state index >= 15 is 0 Å². The third-order valence-corrected chi connectivity index (χ3v) is 5.15. The van der Waals surface area contributed by atoms with E-state index in [2.05, 4.69) is 41.2 Å². The molecule has 0 aliphatic carbocycles. The summed E-state index contributed by atoms with van der Waals surface area (Å²) < 4.78 is 21.4. The summed E-state index contributed by atoms with van der Waals surface area (Å²) in [5.41, 5.74) is 7.07. The maximum Gasteiger partial charge on any atom is 0.165 e. The highest BCUT2D eigenvalue weighted by Crippen LogP contribution is 2.31. The van der Waals surface area contributed by atoms with Crippen molar-refractivity contribution in [1.82, 2.24) is 9.88 Å². The Kier molecular flexibility index (Phi) is 4.29. The summed E-state index contributed by atoms with van der Waals surface area (Å²) in [5.74, 6) is -0.0700. The Balaban J connectivity index is 1.86. The van der Waals surface area contributed by atoms with Crippen LogP contribution in [0.25, 0.3) is 22.7 Å². The minimum Gasteiger partial charge on any atom is -0.494 e. The highest BCUT2D eigenvalue weighted by molar-refractivity contribution is 5.90. The molecule has 4 heteroatoms. The number of rotatable bonds is 3. The van der Waals surface area contributed by atoms with Crippen LogP contribution in [0.15, 0.2) is 36.4 Å². The predicted octanol–water partition coefficient (Wildman–Crippen LogP) is 4.76. The van der Waals surface area contributed by atoms with Crippen molar-refractivity contribution in [2.45, 2.75) is 26.8 Å². The van der Waals surface area contributed by atoms with Crippen LogP contribution in [0.1, 0.15) is 29.3 Å². The lowest BCUT2D eigenvalue weighted by Gasteiger charge is -2.16. The van der Waals surface area contributed by atoms with Crippen LogP contribution >= 0.6 is 0 Å². The quantitative estimate of drug-likeness (QED) is 0.737. The van der Waals surface area contributed by atoms with Crippen LogP contribution < -0.4 is 10.1 Å². The van der Waals surface area contributed by atoms with Crippen molar-refractivity contribution in [3.05, 3.63) is 64.6 Å². The molecule has 0 saturated carbocycles. The molecule has 0 radical (unpaired) electrons. The number of allylic oxidation sites excluding steroid dienone is 1. The summed E-state index contributed by atoms with van der Waals surface area (Å²) in [6.07, 6.45) is 3.15. The fraction of sp³-hybridized carbons (Fsp3) is 0.273. The van der Waals surface area contributed by atoms with Gasteiger partial charge in [-0.05, 0) is 67.8 Å². The maximum atomic E-state index is 14.1. The zero-order valence-corrected chi connectivity index (χ0v) is 15.4. The second-order valence-corrected chi connectivity index (χ2v) is 6.90. The third kappa shape index (κ3) is 2.80. The minimum atomic E-state index is -0.338. The number of methoxy groups -OCH3 is 1. The van der Waals surface area contributed by atoms with Crippen LogP contribution in [-0.4, -0.2) is 18.2 Å².